The van der Waals surface area contributed by atoms with E-state index >= 15 is 0 Å². The van der Waals surface area contributed by atoms with Gasteiger partial charge in [0.05, 0.1) is 6.42 Å². The second-order valence-electron chi connectivity index (χ2n) is 2.64. The van der Waals surface area contributed by atoms with E-state index in [-0.39, 0.29) is 5.91 Å². The van der Waals surface area contributed by atoms with Crippen LogP contribution in [0, 0.1) is 0 Å². The van der Waals surface area contributed by atoms with Gasteiger partial charge in [-0.2, -0.15) is 0 Å². The van der Waals surface area contributed by atoms with Crippen LogP contribution in [-0.2, 0) is 11.2 Å². The lowest BCUT2D eigenvalue weighted by Crippen LogP contribution is -2.03. The Morgan fingerprint density at radius 2 is 2.15 bits per heavy atom. The van der Waals surface area contributed by atoms with Crippen molar-refractivity contribution < 1.29 is 9.90 Å². The van der Waals surface area contributed by atoms with E-state index in [9.17, 15) is 4.79 Å². The summed E-state index contributed by atoms with van der Waals surface area (Å²) in [6.07, 6.45) is 0.482. The minimum Gasteiger partial charge on any atom is -0.400 e. The Morgan fingerprint density at radius 3 is 2.85 bits per heavy atom. The topological polar surface area (TPSA) is 75.3 Å². The van der Waals surface area contributed by atoms with Gasteiger partial charge in [0.25, 0.3) is 0 Å². The monoisotopic (exact) mass is 180 g/mol. The van der Waals surface area contributed by atoms with Crippen LogP contribution < -0.4 is 11.1 Å². The summed E-state index contributed by atoms with van der Waals surface area (Å²) in [6, 6.07) is 5.46. The lowest BCUT2D eigenvalue weighted by Gasteiger charge is -1.97. The second kappa shape index (κ2) is 3.91. The molecule has 0 aliphatic carbocycles. The predicted octanol–water partition coefficient (Wildman–Crippen LogP) is 0.372. The zero-order valence-corrected chi connectivity index (χ0v) is 7.37. The fourth-order valence-electron chi connectivity index (χ4n) is 1.23. The predicted molar refractivity (Wildman–Crippen MR) is 51.3 cm³/mol. The number of carbonyl (C=O) groups is 1. The van der Waals surface area contributed by atoms with Crippen LogP contribution in [0.1, 0.15) is 5.56 Å². The highest BCUT2D eigenvalue weighted by atomic mass is 16.2. The Kier molecular flexibility index (Phi) is 2.87. The minimum absolute atomic E-state index is 0.0469. The molecule has 13 heavy (non-hydrogen) atoms. The molecule has 1 amide bonds. The molecule has 0 saturated carbocycles. The number of hydrogen-bond donors (Lipinski definition) is 3. The summed E-state index contributed by atoms with van der Waals surface area (Å²) >= 11 is 0. The van der Waals surface area contributed by atoms with E-state index in [1.165, 1.54) is 0 Å². The van der Waals surface area contributed by atoms with Crippen molar-refractivity contribution in [2.45, 2.75) is 6.42 Å². The Labute approximate surface area is 76.4 Å². The number of aliphatic hydroxyl groups is 1. The summed E-state index contributed by atoms with van der Waals surface area (Å²) in [5.74, 6) is 0.0469. The zero-order valence-electron chi connectivity index (χ0n) is 7.37. The van der Waals surface area contributed by atoms with E-state index in [2.05, 4.69) is 5.32 Å². The molecular weight excluding hydrogens is 168 g/mol. The maximum atomic E-state index is 10.9. The lowest BCUT2D eigenvalue weighted by molar-refractivity contribution is -0.115. The fourth-order valence-corrected chi connectivity index (χ4v) is 1.23. The minimum atomic E-state index is 0.0469. The first-order chi connectivity index (χ1) is 6.25. The van der Waals surface area contributed by atoms with Crippen molar-refractivity contribution in [2.75, 3.05) is 18.2 Å². The van der Waals surface area contributed by atoms with Gasteiger partial charge in [-0.3, -0.25) is 4.79 Å². The number of nitrogens with two attached hydrogens (primary N) is 1. The molecule has 1 aromatic rings. The SMILES string of the molecule is CO.Nc1ccc2c(c1)NC(=O)C2. The summed E-state index contributed by atoms with van der Waals surface area (Å²) < 4.78 is 0. The molecule has 0 saturated heterocycles. The van der Waals surface area contributed by atoms with E-state index in [1.807, 2.05) is 6.07 Å². The van der Waals surface area contributed by atoms with E-state index in [0.717, 1.165) is 18.4 Å². The Morgan fingerprint density at radius 1 is 1.46 bits per heavy atom. The molecule has 1 aliphatic rings. The molecule has 1 aromatic carbocycles. The van der Waals surface area contributed by atoms with Crippen molar-refractivity contribution in [2.24, 2.45) is 0 Å². The highest BCUT2D eigenvalue weighted by Crippen LogP contribution is 2.24. The van der Waals surface area contributed by atoms with Crippen molar-refractivity contribution >= 4 is 17.3 Å². The van der Waals surface area contributed by atoms with Gasteiger partial charge in [-0.1, -0.05) is 6.07 Å². The molecule has 4 N–H and O–H groups in total. The summed E-state index contributed by atoms with van der Waals surface area (Å²) in [6.45, 7) is 0. The van der Waals surface area contributed by atoms with Crippen molar-refractivity contribution in [3.63, 3.8) is 0 Å². The summed E-state index contributed by atoms with van der Waals surface area (Å²) in [7, 11) is 1.00. The number of rotatable bonds is 0. The van der Waals surface area contributed by atoms with Gasteiger partial charge < -0.3 is 16.2 Å². The largest absolute Gasteiger partial charge is 0.400 e. The van der Waals surface area contributed by atoms with Crippen LogP contribution in [0.2, 0.25) is 0 Å². The quantitative estimate of drug-likeness (QED) is 0.505. The second-order valence-corrected chi connectivity index (χ2v) is 2.64. The van der Waals surface area contributed by atoms with Crippen LogP contribution in [0.3, 0.4) is 0 Å². The van der Waals surface area contributed by atoms with Gasteiger partial charge in [-0.05, 0) is 17.7 Å². The van der Waals surface area contributed by atoms with E-state index in [0.29, 0.717) is 12.1 Å². The van der Waals surface area contributed by atoms with E-state index in [1.54, 1.807) is 12.1 Å². The summed E-state index contributed by atoms with van der Waals surface area (Å²) in [5, 5.41) is 9.72. The number of hydrogen-bond acceptors (Lipinski definition) is 3. The summed E-state index contributed by atoms with van der Waals surface area (Å²) in [5.41, 5.74) is 8.10. The Hall–Kier alpha value is -1.55. The molecule has 0 aromatic heterocycles. The van der Waals surface area contributed by atoms with E-state index in [4.69, 9.17) is 10.8 Å². The molecule has 0 unspecified atom stereocenters. The first-order valence-electron chi connectivity index (χ1n) is 3.89. The molecule has 0 atom stereocenters. The average Bonchev–Trinajstić information content (AvgIpc) is 2.48. The fraction of sp³-hybridized carbons (Fsp3) is 0.222. The zero-order chi connectivity index (χ0) is 9.84. The Balaban J connectivity index is 0.000000396. The third-order valence-corrected chi connectivity index (χ3v) is 1.76. The highest BCUT2D eigenvalue weighted by Gasteiger charge is 2.16. The average molecular weight is 180 g/mol. The third-order valence-electron chi connectivity index (χ3n) is 1.76. The first-order valence-corrected chi connectivity index (χ1v) is 3.89. The van der Waals surface area contributed by atoms with Crippen LogP contribution in [0.15, 0.2) is 18.2 Å². The molecule has 70 valence electrons. The van der Waals surface area contributed by atoms with Gasteiger partial charge in [0.15, 0.2) is 0 Å². The number of amides is 1. The molecule has 0 spiro atoms. The van der Waals surface area contributed by atoms with Crippen molar-refractivity contribution in [1.82, 2.24) is 0 Å². The standard InChI is InChI=1S/C8H8N2O.CH4O/c9-6-2-1-5-3-8(11)10-7(5)4-6;1-2/h1-2,4H,3,9H2,(H,10,11);2H,1H3. The molecule has 4 nitrogen and oxygen atoms in total. The van der Waals surface area contributed by atoms with Crippen LogP contribution >= 0.6 is 0 Å². The maximum absolute atomic E-state index is 10.9. The number of benzene rings is 1. The molecule has 4 heteroatoms. The van der Waals surface area contributed by atoms with Crippen LogP contribution in [0.5, 0.6) is 0 Å². The molecule has 1 aliphatic heterocycles. The number of nitrogens with one attached hydrogen (secondary N) is 1. The smallest absolute Gasteiger partial charge is 0.228 e. The van der Waals surface area contributed by atoms with Gasteiger partial charge in [0.2, 0.25) is 5.91 Å². The number of anilines is 2. The van der Waals surface area contributed by atoms with Gasteiger partial charge in [-0.25, -0.2) is 0 Å². The van der Waals surface area contributed by atoms with Gasteiger partial charge >= 0.3 is 0 Å². The Bertz CT molecular complexity index is 323. The number of aliphatic hydroxyl groups excluding tert-OH is 1. The third kappa shape index (κ3) is 1.97. The number of nitrogen functional groups attached to an aromatic ring is 1. The molecule has 1 heterocycles. The molecule has 0 bridgehead atoms. The molecule has 2 rings (SSSR count). The number of carbonyl (C=O) groups excluding carboxylic acids is 1. The normalized spacial score (nSPS) is 12.6. The first kappa shape index (κ1) is 9.54. The van der Waals surface area contributed by atoms with Crippen LogP contribution in [-0.4, -0.2) is 18.1 Å². The summed E-state index contributed by atoms with van der Waals surface area (Å²) in [4.78, 5) is 10.9. The molecular formula is C9H12N2O2. The van der Waals surface area contributed by atoms with Gasteiger partial charge in [-0.15, -0.1) is 0 Å². The van der Waals surface area contributed by atoms with Crippen LogP contribution in [0.25, 0.3) is 0 Å². The lowest BCUT2D eigenvalue weighted by atomic mass is 10.1. The van der Waals surface area contributed by atoms with Gasteiger partial charge in [0.1, 0.15) is 0 Å². The molecule has 0 radical (unpaired) electrons. The number of fused-ring (bicyclic) bond motifs is 1. The molecule has 0 fully saturated rings. The van der Waals surface area contributed by atoms with Crippen LogP contribution in [0.4, 0.5) is 11.4 Å². The van der Waals surface area contributed by atoms with Crippen molar-refractivity contribution in [3.8, 4) is 0 Å². The maximum Gasteiger partial charge on any atom is 0.228 e. The van der Waals surface area contributed by atoms with E-state index < -0.39 is 0 Å². The van der Waals surface area contributed by atoms with Crippen molar-refractivity contribution in [1.29, 1.82) is 0 Å². The highest BCUT2D eigenvalue weighted by molar-refractivity contribution is 5.99. The van der Waals surface area contributed by atoms with Crippen molar-refractivity contribution in [3.05, 3.63) is 23.8 Å². The van der Waals surface area contributed by atoms with Gasteiger partial charge in [0, 0.05) is 18.5 Å².